The van der Waals surface area contributed by atoms with Gasteiger partial charge < -0.3 is 36.4 Å². The number of hydrogen-bond donors (Lipinski definition) is 2. The van der Waals surface area contributed by atoms with Crippen molar-refractivity contribution < 1.29 is 36.4 Å². The Morgan fingerprint density at radius 3 is 2.83 bits per heavy atom. The van der Waals surface area contributed by atoms with Crippen LogP contribution < -0.4 is 21.7 Å². The predicted molar refractivity (Wildman–Crippen MR) is 81.9 cm³/mol. The highest BCUT2D eigenvalue weighted by Crippen LogP contribution is 2.63. The van der Waals surface area contributed by atoms with Crippen LogP contribution >= 0.6 is 0 Å². The van der Waals surface area contributed by atoms with Crippen molar-refractivity contribution in [2.24, 2.45) is 5.92 Å². The van der Waals surface area contributed by atoms with Gasteiger partial charge in [-0.15, -0.1) is 0 Å². The van der Waals surface area contributed by atoms with Gasteiger partial charge in [-0.25, -0.2) is 0 Å². The smallest absolute Gasteiger partial charge is 0.165 e. The number of halogens is 1. The van der Waals surface area contributed by atoms with E-state index in [9.17, 15) is 10.2 Å². The maximum absolute atomic E-state index is 10.5. The van der Waals surface area contributed by atoms with Gasteiger partial charge in [0.05, 0.1) is 26.1 Å². The van der Waals surface area contributed by atoms with Crippen molar-refractivity contribution in [3.63, 3.8) is 0 Å². The van der Waals surface area contributed by atoms with Crippen LogP contribution in [0.2, 0.25) is 0 Å². The molecule has 2 N–H and O–H groups in total. The summed E-state index contributed by atoms with van der Waals surface area (Å²) in [6.45, 7) is 1.08. The Balaban J connectivity index is 0.00000135. The van der Waals surface area contributed by atoms with Crippen molar-refractivity contribution in [1.29, 1.82) is 0 Å². The number of phenolic OH excluding ortho intramolecular Hbond substituents is 1. The van der Waals surface area contributed by atoms with E-state index in [1.165, 1.54) is 11.1 Å². The van der Waals surface area contributed by atoms with Gasteiger partial charge in [0.2, 0.25) is 0 Å². The summed E-state index contributed by atoms with van der Waals surface area (Å²) in [5, 5.41) is 20.8. The second kappa shape index (κ2) is 4.52. The fourth-order valence-electron chi connectivity index (χ4n) is 5.60. The molecule has 4 nitrogen and oxygen atoms in total. The minimum atomic E-state index is -0.594. The van der Waals surface area contributed by atoms with E-state index in [1.807, 2.05) is 6.08 Å². The normalized spacial score (nSPS) is 40.8. The molecule has 1 spiro atoms. The average Bonchev–Trinajstić information content (AvgIpc) is 2.84. The molecule has 23 heavy (non-hydrogen) atoms. The second-order valence-corrected chi connectivity index (χ2v) is 7.95. The molecule has 0 unspecified atom stereocenters. The molecule has 2 heterocycles. The molecule has 2 aliphatic heterocycles. The molecule has 5 rings (SSSR count). The lowest BCUT2D eigenvalue weighted by atomic mass is 9.53. The van der Waals surface area contributed by atoms with Gasteiger partial charge in [-0.2, -0.15) is 0 Å². The molecule has 2 bridgehead atoms. The Morgan fingerprint density at radius 1 is 1.26 bits per heavy atom. The van der Waals surface area contributed by atoms with E-state index in [-0.39, 0.29) is 34.2 Å². The van der Waals surface area contributed by atoms with Crippen LogP contribution in [0.3, 0.4) is 0 Å². The van der Waals surface area contributed by atoms with Crippen molar-refractivity contribution in [1.82, 2.24) is 0 Å². The average molecular weight is 380 g/mol. The number of piperidine rings is 1. The molecule has 124 valence electrons. The fourth-order valence-corrected chi connectivity index (χ4v) is 5.60. The van der Waals surface area contributed by atoms with Gasteiger partial charge in [-0.05, 0) is 11.6 Å². The number of quaternary nitrogens is 1. The molecule has 0 saturated carbocycles. The minimum absolute atomic E-state index is 0. The number of aliphatic hydroxyl groups excluding tert-OH is 1. The van der Waals surface area contributed by atoms with Crippen molar-refractivity contribution in [3.05, 3.63) is 35.4 Å². The zero-order chi connectivity index (χ0) is 15.3. The first-order valence-electron chi connectivity index (χ1n) is 8.16. The SMILES string of the molecule is C[N+]1(C)CC[C@]23c4c5ccc(O)c4O[C@H]2[C@@H](O)C=C[C@H]3[C@H]1C5.[Br-]. The lowest BCUT2D eigenvalue weighted by Gasteiger charge is -2.58. The molecule has 4 aliphatic rings. The Morgan fingerprint density at radius 2 is 2.04 bits per heavy atom. The van der Waals surface area contributed by atoms with Gasteiger partial charge in [0.1, 0.15) is 18.2 Å². The predicted octanol–water partition coefficient (Wildman–Crippen LogP) is -1.65. The number of aliphatic hydroxyl groups is 1. The Hall–Kier alpha value is -1.04. The first-order chi connectivity index (χ1) is 10.4. The number of likely N-dealkylation sites (N-methyl/N-ethyl adjacent to an activating group) is 1. The van der Waals surface area contributed by atoms with E-state index >= 15 is 0 Å². The Kier molecular flexibility index (Phi) is 3.05. The highest BCUT2D eigenvalue weighted by atomic mass is 79.9. The lowest BCUT2D eigenvalue weighted by molar-refractivity contribution is -0.926. The molecular weight excluding hydrogens is 358 g/mol. The van der Waals surface area contributed by atoms with Gasteiger partial charge in [0.25, 0.3) is 0 Å². The summed E-state index contributed by atoms with van der Waals surface area (Å²) in [6, 6.07) is 4.31. The van der Waals surface area contributed by atoms with E-state index in [0.717, 1.165) is 23.9 Å². The second-order valence-electron chi connectivity index (χ2n) is 7.95. The van der Waals surface area contributed by atoms with Crippen LogP contribution in [0.5, 0.6) is 11.5 Å². The number of phenols is 1. The summed E-state index contributed by atoms with van der Waals surface area (Å²) in [7, 11) is 4.63. The van der Waals surface area contributed by atoms with Gasteiger partial charge in [0, 0.05) is 24.3 Å². The lowest BCUT2D eigenvalue weighted by Crippen LogP contribution is -3.00. The highest BCUT2D eigenvalue weighted by Gasteiger charge is 2.67. The van der Waals surface area contributed by atoms with Crippen molar-refractivity contribution in [2.75, 3.05) is 20.6 Å². The van der Waals surface area contributed by atoms with Gasteiger partial charge in [-0.1, -0.05) is 18.2 Å². The zero-order valence-corrected chi connectivity index (χ0v) is 15.0. The summed E-state index contributed by atoms with van der Waals surface area (Å²) >= 11 is 0. The Labute approximate surface area is 146 Å². The summed E-state index contributed by atoms with van der Waals surface area (Å²) in [5.74, 6) is 1.22. The van der Waals surface area contributed by atoms with Crippen LogP contribution in [0.4, 0.5) is 0 Å². The van der Waals surface area contributed by atoms with Crippen LogP contribution in [-0.2, 0) is 11.8 Å². The highest BCUT2D eigenvalue weighted by molar-refractivity contribution is 5.61. The van der Waals surface area contributed by atoms with E-state index < -0.39 is 6.10 Å². The molecule has 1 fully saturated rings. The molecule has 5 heteroatoms. The van der Waals surface area contributed by atoms with Crippen molar-refractivity contribution in [3.8, 4) is 11.5 Å². The molecule has 1 saturated heterocycles. The topological polar surface area (TPSA) is 49.7 Å². The van der Waals surface area contributed by atoms with E-state index in [4.69, 9.17) is 4.74 Å². The molecular formula is C18H22BrNO3. The number of likely N-dealkylation sites (tertiary alicyclic amines) is 1. The molecule has 1 aromatic carbocycles. The van der Waals surface area contributed by atoms with Crippen LogP contribution in [0.15, 0.2) is 24.3 Å². The van der Waals surface area contributed by atoms with Crippen molar-refractivity contribution in [2.45, 2.75) is 36.5 Å². The summed E-state index contributed by atoms with van der Waals surface area (Å²) in [4.78, 5) is 0. The number of aromatic hydroxyl groups is 1. The molecule has 0 radical (unpaired) electrons. The Bertz CT molecular complexity index is 716. The van der Waals surface area contributed by atoms with E-state index in [1.54, 1.807) is 6.07 Å². The minimum Gasteiger partial charge on any atom is -1.00 e. The summed E-state index contributed by atoms with van der Waals surface area (Å²) in [6.07, 6.45) is 5.28. The van der Waals surface area contributed by atoms with Crippen LogP contribution in [0, 0.1) is 5.92 Å². The van der Waals surface area contributed by atoms with E-state index in [0.29, 0.717) is 17.7 Å². The number of hydrogen-bond acceptors (Lipinski definition) is 3. The largest absolute Gasteiger partial charge is 1.00 e. The standard InChI is InChI=1S/C18H21NO3.BrH/c1-19(2)8-7-18-11-4-6-14(21)17(18)22-16-13(20)5-3-10(15(16)18)9-12(11)19;/h3-6,11-12,14,17,21H,7-9H2,1-2H3;1H/t11-,12+,14-,17-,18-;/m0./s1. The van der Waals surface area contributed by atoms with E-state index in [2.05, 4.69) is 26.2 Å². The quantitative estimate of drug-likeness (QED) is 0.419. The third-order valence-electron chi connectivity index (χ3n) is 6.70. The summed E-state index contributed by atoms with van der Waals surface area (Å²) in [5.41, 5.74) is 2.32. The summed E-state index contributed by atoms with van der Waals surface area (Å²) < 4.78 is 7.14. The number of ether oxygens (including phenoxy) is 1. The molecule has 1 aromatic rings. The fraction of sp³-hybridized carbons (Fsp3) is 0.556. The molecule has 0 aromatic heterocycles. The molecule has 2 aliphatic carbocycles. The zero-order valence-electron chi connectivity index (χ0n) is 13.4. The molecule has 5 atom stereocenters. The maximum atomic E-state index is 10.5. The monoisotopic (exact) mass is 379 g/mol. The number of rotatable bonds is 0. The first kappa shape index (κ1) is 15.5. The van der Waals surface area contributed by atoms with Gasteiger partial charge in [0.15, 0.2) is 11.5 Å². The number of benzene rings is 1. The van der Waals surface area contributed by atoms with Gasteiger partial charge >= 0.3 is 0 Å². The number of nitrogens with zero attached hydrogens (tertiary/aromatic N) is 1. The van der Waals surface area contributed by atoms with Crippen LogP contribution in [0.25, 0.3) is 0 Å². The van der Waals surface area contributed by atoms with Gasteiger partial charge in [-0.3, -0.25) is 0 Å². The first-order valence-corrected chi connectivity index (χ1v) is 8.16. The maximum Gasteiger partial charge on any atom is 0.165 e. The third-order valence-corrected chi connectivity index (χ3v) is 6.70. The van der Waals surface area contributed by atoms with Crippen LogP contribution in [0.1, 0.15) is 17.5 Å². The van der Waals surface area contributed by atoms with Crippen molar-refractivity contribution >= 4 is 0 Å². The molecule has 0 amide bonds. The third kappa shape index (κ3) is 1.63. The van der Waals surface area contributed by atoms with Crippen LogP contribution in [-0.4, -0.2) is 53.6 Å².